The van der Waals surface area contributed by atoms with Crippen LogP contribution in [0.25, 0.3) is 0 Å². The van der Waals surface area contributed by atoms with Crippen LogP contribution >= 0.6 is 23.4 Å². The van der Waals surface area contributed by atoms with Crippen molar-refractivity contribution in [2.45, 2.75) is 35.3 Å². The summed E-state index contributed by atoms with van der Waals surface area (Å²) < 4.78 is 89.9. The van der Waals surface area contributed by atoms with Gasteiger partial charge in [-0.3, -0.25) is 4.79 Å². The number of carbonyl (C=O) groups is 1. The van der Waals surface area contributed by atoms with E-state index in [2.05, 4.69) is 5.10 Å². The molecule has 0 radical (unpaired) electrons. The van der Waals surface area contributed by atoms with E-state index in [9.17, 15) is 30.8 Å². The molecule has 40 heavy (non-hydrogen) atoms. The van der Waals surface area contributed by atoms with E-state index in [-0.39, 0.29) is 39.2 Å². The van der Waals surface area contributed by atoms with Gasteiger partial charge in [-0.15, -0.1) is 0 Å². The predicted molar refractivity (Wildman–Crippen MR) is 142 cm³/mol. The molecule has 0 saturated carbocycles. The third kappa shape index (κ3) is 5.86. The Morgan fingerprint density at radius 3 is 2.40 bits per heavy atom. The topological polar surface area (TPSA) is 84.7 Å². The molecule has 2 aromatic carbocycles. The van der Waals surface area contributed by atoms with Crippen molar-refractivity contribution in [2.75, 3.05) is 27.7 Å². The third-order valence-corrected chi connectivity index (χ3v) is 9.78. The third-order valence-electron chi connectivity index (χ3n) is 6.41. The van der Waals surface area contributed by atoms with Gasteiger partial charge in [-0.2, -0.15) is 40.0 Å². The van der Waals surface area contributed by atoms with Crippen LogP contribution in [0, 0.1) is 5.82 Å². The van der Waals surface area contributed by atoms with E-state index in [1.165, 1.54) is 43.5 Å². The van der Waals surface area contributed by atoms with Gasteiger partial charge in [0, 0.05) is 32.3 Å². The normalized spacial score (nSPS) is 18.4. The Hall–Kier alpha value is -2.65. The zero-order valence-electron chi connectivity index (χ0n) is 21.5. The molecule has 8 nitrogen and oxygen atoms in total. The van der Waals surface area contributed by atoms with Gasteiger partial charge in [0.25, 0.3) is 16.1 Å². The molecule has 0 bridgehead atoms. The Morgan fingerprint density at radius 1 is 1.18 bits per heavy atom. The van der Waals surface area contributed by atoms with Gasteiger partial charge in [0.1, 0.15) is 22.6 Å². The smallest absolute Gasteiger partial charge is 0.405 e. The number of thioether (sulfide) groups is 1. The molecule has 0 N–H and O–H groups in total. The van der Waals surface area contributed by atoms with E-state index in [1.807, 2.05) is 0 Å². The van der Waals surface area contributed by atoms with Crippen LogP contribution in [0.5, 0.6) is 5.75 Å². The van der Waals surface area contributed by atoms with Crippen LogP contribution in [-0.2, 0) is 16.0 Å². The summed E-state index contributed by atoms with van der Waals surface area (Å²) in [4.78, 5) is 13.6. The minimum Gasteiger partial charge on any atom is -0.492 e. The van der Waals surface area contributed by atoms with Crippen LogP contribution in [0.3, 0.4) is 0 Å². The highest BCUT2D eigenvalue weighted by Crippen LogP contribution is 2.48. The van der Waals surface area contributed by atoms with Gasteiger partial charge in [-0.25, -0.2) is 4.39 Å². The van der Waals surface area contributed by atoms with Gasteiger partial charge in [0.15, 0.2) is 5.75 Å². The highest BCUT2D eigenvalue weighted by atomic mass is 35.5. The number of hydrogen-bond donors (Lipinski definition) is 0. The highest BCUT2D eigenvalue weighted by Gasteiger charge is 2.57. The molecule has 1 aliphatic heterocycles. The van der Waals surface area contributed by atoms with E-state index >= 15 is 0 Å². The molecule has 2 heterocycles. The number of halogens is 5. The fourth-order valence-corrected chi connectivity index (χ4v) is 7.08. The molecule has 1 fully saturated rings. The summed E-state index contributed by atoms with van der Waals surface area (Å²) in [5.74, 6) is -2.50. The number of methoxy groups -OCH3 is 1. The minimum absolute atomic E-state index is 0.0557. The molecule has 0 amide bonds. The Bertz CT molecular complexity index is 1500. The molecule has 2 unspecified atom stereocenters. The molecule has 3 aromatic rings. The zero-order valence-corrected chi connectivity index (χ0v) is 23.9. The van der Waals surface area contributed by atoms with Crippen LogP contribution in [0.2, 0.25) is 5.02 Å². The van der Waals surface area contributed by atoms with Gasteiger partial charge in [-0.05, 0) is 36.2 Å². The number of rotatable bonds is 8. The number of ether oxygens (including phenoxy) is 1. The van der Waals surface area contributed by atoms with Crippen LogP contribution in [-0.4, -0.2) is 72.7 Å². The van der Waals surface area contributed by atoms with Gasteiger partial charge in [0.2, 0.25) is 0 Å². The maximum Gasteiger partial charge on any atom is 0.405 e. The molecule has 4 rings (SSSR count). The van der Waals surface area contributed by atoms with Crippen molar-refractivity contribution >= 4 is 39.5 Å². The second-order valence-electron chi connectivity index (χ2n) is 9.12. The molecule has 0 spiro atoms. The zero-order chi connectivity index (χ0) is 29.4. The number of nitrogens with zero attached hydrogens (tertiary/aromatic N) is 4. The first-order valence-electron chi connectivity index (χ1n) is 11.9. The number of benzene rings is 2. The quantitative estimate of drug-likeness (QED) is 0.255. The van der Waals surface area contributed by atoms with Gasteiger partial charge in [-0.1, -0.05) is 47.6 Å². The summed E-state index contributed by atoms with van der Waals surface area (Å²) in [7, 11) is -0.900. The van der Waals surface area contributed by atoms with E-state index in [0.29, 0.717) is 9.87 Å². The first-order valence-corrected chi connectivity index (χ1v) is 14.6. The van der Waals surface area contributed by atoms with E-state index in [4.69, 9.17) is 16.3 Å². The molecular formula is C25H25ClF4N4O4S2. The summed E-state index contributed by atoms with van der Waals surface area (Å²) in [6.07, 6.45) is -5.17. The fraction of sp³-hybridized carbons (Fsp3) is 0.360. The molecule has 15 heteroatoms. The summed E-state index contributed by atoms with van der Waals surface area (Å²) in [5.41, 5.74) is 0.522. The maximum atomic E-state index is 14.4. The van der Waals surface area contributed by atoms with Crippen LogP contribution in [0.15, 0.2) is 53.6 Å². The first kappa shape index (κ1) is 30.3. The minimum atomic E-state index is -4.95. The number of carbonyl (C=O) groups excluding carboxylic acids is 1. The standard InChI is InChI=1S/C25H25ClF4N4O4S2/c1-32(2)40(36,37)33-13-12-18(22(33)25(28,29)30)20-21(38-3)24(39-14-15-8-10-16(27)11-9-15)34(31-20)23(35)17-6-4-5-7-19(17)26/h4-11,18,22H,12-14H2,1-3H3. The number of hydrogen-bond acceptors (Lipinski definition) is 6. The van der Waals surface area contributed by atoms with Crippen molar-refractivity contribution in [1.82, 2.24) is 18.4 Å². The summed E-state index contributed by atoms with van der Waals surface area (Å²) >= 11 is 7.29. The molecule has 216 valence electrons. The van der Waals surface area contributed by atoms with E-state index < -0.39 is 46.6 Å². The lowest BCUT2D eigenvalue weighted by Gasteiger charge is -2.30. The average molecular weight is 621 g/mol. The maximum absolute atomic E-state index is 14.4. The van der Waals surface area contributed by atoms with Crippen molar-refractivity contribution in [1.29, 1.82) is 0 Å². The van der Waals surface area contributed by atoms with Crippen molar-refractivity contribution in [3.8, 4) is 5.75 Å². The lowest BCUT2D eigenvalue weighted by atomic mass is 9.96. The molecule has 1 aromatic heterocycles. The molecule has 1 saturated heterocycles. The van der Waals surface area contributed by atoms with E-state index in [1.54, 1.807) is 12.1 Å². The highest BCUT2D eigenvalue weighted by molar-refractivity contribution is 7.98. The van der Waals surface area contributed by atoms with Crippen molar-refractivity contribution < 1.29 is 35.5 Å². The largest absolute Gasteiger partial charge is 0.492 e. The molecule has 2 atom stereocenters. The second-order valence-corrected chi connectivity index (χ2v) is 12.6. The van der Waals surface area contributed by atoms with Gasteiger partial charge < -0.3 is 4.74 Å². The summed E-state index contributed by atoms with van der Waals surface area (Å²) in [5, 5.41) is 4.50. The molecular weight excluding hydrogens is 596 g/mol. The van der Waals surface area contributed by atoms with Gasteiger partial charge in [0.05, 0.1) is 17.7 Å². The van der Waals surface area contributed by atoms with Crippen LogP contribution < -0.4 is 4.74 Å². The summed E-state index contributed by atoms with van der Waals surface area (Å²) in [6, 6.07) is 9.28. The average Bonchev–Trinajstić information content (AvgIpc) is 3.50. The predicted octanol–water partition coefficient (Wildman–Crippen LogP) is 5.19. The molecule has 1 aliphatic rings. The Labute approximate surface area is 238 Å². The fourth-order valence-electron chi connectivity index (χ4n) is 4.49. The Kier molecular flexibility index (Phi) is 8.85. The Morgan fingerprint density at radius 2 is 1.82 bits per heavy atom. The number of alkyl halides is 3. The van der Waals surface area contributed by atoms with Gasteiger partial charge >= 0.3 is 6.18 Å². The van der Waals surface area contributed by atoms with Crippen molar-refractivity contribution in [2.24, 2.45) is 0 Å². The summed E-state index contributed by atoms with van der Waals surface area (Å²) in [6.45, 7) is -0.415. The lowest BCUT2D eigenvalue weighted by molar-refractivity contribution is -0.169. The number of aromatic nitrogens is 2. The van der Waals surface area contributed by atoms with E-state index in [0.717, 1.165) is 34.8 Å². The van der Waals surface area contributed by atoms with Crippen LogP contribution in [0.4, 0.5) is 17.6 Å². The monoisotopic (exact) mass is 620 g/mol. The first-order chi connectivity index (χ1) is 18.8. The van der Waals surface area contributed by atoms with Crippen molar-refractivity contribution in [3.63, 3.8) is 0 Å². The van der Waals surface area contributed by atoms with Crippen LogP contribution in [0.1, 0.15) is 34.0 Å². The molecule has 0 aliphatic carbocycles. The second kappa shape index (κ2) is 11.7. The lowest BCUT2D eigenvalue weighted by Crippen LogP contribution is -2.50. The Balaban J connectivity index is 1.85. The van der Waals surface area contributed by atoms with Crippen molar-refractivity contribution in [3.05, 3.63) is 76.2 Å². The SMILES string of the molecule is COc1c(C2CCN(S(=O)(=O)N(C)C)C2C(F)(F)F)nn(C(=O)c2ccccc2Cl)c1SCc1ccc(F)cc1.